The zero-order valence-electron chi connectivity index (χ0n) is 19.0. The molecule has 4 nitrogen and oxygen atoms in total. The van der Waals surface area contributed by atoms with Crippen molar-refractivity contribution < 1.29 is 9.50 Å². The highest BCUT2D eigenvalue weighted by Crippen LogP contribution is 2.42. The number of aliphatic hydroxyl groups is 1. The second kappa shape index (κ2) is 12.0. The fourth-order valence-corrected chi connectivity index (χ4v) is 3.91. The van der Waals surface area contributed by atoms with Crippen LogP contribution in [-0.2, 0) is 5.54 Å². The summed E-state index contributed by atoms with van der Waals surface area (Å²) in [5, 5.41) is 16.5. The maximum Gasteiger partial charge on any atom is 0.128 e. The molecular formula is C25H38FN3O. The van der Waals surface area contributed by atoms with Crippen LogP contribution in [0.2, 0.25) is 0 Å². The largest absolute Gasteiger partial charge is 0.513 e. The van der Waals surface area contributed by atoms with E-state index in [9.17, 15) is 9.50 Å². The van der Waals surface area contributed by atoms with Crippen molar-refractivity contribution in [2.24, 2.45) is 0 Å². The first kappa shape index (κ1) is 24.3. The standard InChI is InChI=1S/C25H38FN3O/c1-5-29(16-15-27-4)19-20(2)17-22(12-11-21(3)30)18-28-25(13-8-14-25)23-9-6-7-10-24(23)26/h6-7,9-12,17,27-28,30H,5,8,13-16,18-19H2,1-4H3/b20-17+,21-11+,22-12+. The molecule has 1 aliphatic carbocycles. The Morgan fingerprint density at radius 1 is 1.23 bits per heavy atom. The molecule has 166 valence electrons. The van der Waals surface area contributed by atoms with E-state index in [1.54, 1.807) is 25.1 Å². The highest BCUT2D eigenvalue weighted by atomic mass is 19.1. The van der Waals surface area contributed by atoms with E-state index in [1.165, 1.54) is 5.57 Å². The smallest absolute Gasteiger partial charge is 0.128 e. The Morgan fingerprint density at radius 2 is 1.97 bits per heavy atom. The van der Waals surface area contributed by atoms with Gasteiger partial charge in [0.15, 0.2) is 0 Å². The van der Waals surface area contributed by atoms with Crippen LogP contribution in [0.4, 0.5) is 4.39 Å². The third-order valence-electron chi connectivity index (χ3n) is 5.80. The van der Waals surface area contributed by atoms with E-state index in [1.807, 2.05) is 25.3 Å². The second-order valence-electron chi connectivity index (χ2n) is 8.28. The Kier molecular flexibility index (Phi) is 9.76. The summed E-state index contributed by atoms with van der Waals surface area (Å²) < 4.78 is 14.5. The number of rotatable bonds is 12. The number of allylic oxidation sites excluding steroid dienone is 3. The molecule has 0 atom stereocenters. The number of nitrogens with zero attached hydrogens (tertiary/aromatic N) is 1. The molecule has 30 heavy (non-hydrogen) atoms. The summed E-state index contributed by atoms with van der Waals surface area (Å²) in [7, 11) is 1.97. The highest BCUT2D eigenvalue weighted by Gasteiger charge is 2.39. The Bertz CT molecular complexity index is 761. The van der Waals surface area contributed by atoms with Crippen molar-refractivity contribution in [3.63, 3.8) is 0 Å². The van der Waals surface area contributed by atoms with Gasteiger partial charge in [-0.3, -0.25) is 4.90 Å². The third-order valence-corrected chi connectivity index (χ3v) is 5.80. The number of nitrogens with one attached hydrogen (secondary N) is 2. The summed E-state index contributed by atoms with van der Waals surface area (Å²) in [4.78, 5) is 2.40. The van der Waals surface area contributed by atoms with Crippen molar-refractivity contribution in [3.05, 3.63) is 70.8 Å². The van der Waals surface area contributed by atoms with Crippen molar-refractivity contribution >= 4 is 0 Å². The maximum atomic E-state index is 14.5. The summed E-state index contributed by atoms with van der Waals surface area (Å²) in [6.45, 7) is 10.5. The van der Waals surface area contributed by atoms with Crippen LogP contribution in [0, 0.1) is 5.82 Å². The van der Waals surface area contributed by atoms with Gasteiger partial charge >= 0.3 is 0 Å². The normalized spacial score (nSPS) is 17.3. The van der Waals surface area contributed by atoms with Gasteiger partial charge in [0, 0.05) is 37.3 Å². The number of likely N-dealkylation sites (N-methyl/N-ethyl adjacent to an activating group) is 2. The molecule has 0 amide bonds. The van der Waals surface area contributed by atoms with Crippen molar-refractivity contribution in [1.82, 2.24) is 15.5 Å². The van der Waals surface area contributed by atoms with E-state index in [2.05, 4.69) is 35.5 Å². The SMILES string of the molecule is CCN(CCNC)C/C(C)=C/C(=C\C=C(/C)O)CNC1(c2ccccc2F)CCC1. The average Bonchev–Trinajstić information content (AvgIpc) is 2.69. The van der Waals surface area contributed by atoms with Crippen LogP contribution < -0.4 is 10.6 Å². The van der Waals surface area contributed by atoms with E-state index in [4.69, 9.17) is 0 Å². The number of benzene rings is 1. The Hall–Kier alpha value is -1.95. The minimum atomic E-state index is -0.299. The molecule has 1 fully saturated rings. The average molecular weight is 416 g/mol. The molecule has 0 heterocycles. The fourth-order valence-electron chi connectivity index (χ4n) is 3.91. The van der Waals surface area contributed by atoms with E-state index in [0.717, 1.165) is 56.6 Å². The lowest BCUT2D eigenvalue weighted by molar-refractivity contribution is 0.186. The lowest BCUT2D eigenvalue weighted by Crippen LogP contribution is -2.49. The monoisotopic (exact) mass is 415 g/mol. The van der Waals surface area contributed by atoms with E-state index >= 15 is 0 Å². The number of hydrogen-bond acceptors (Lipinski definition) is 4. The first-order valence-corrected chi connectivity index (χ1v) is 11.0. The Labute approximate surface area is 181 Å². The predicted molar refractivity (Wildman–Crippen MR) is 124 cm³/mol. The lowest BCUT2D eigenvalue weighted by Gasteiger charge is -2.43. The first-order valence-electron chi connectivity index (χ1n) is 11.0. The molecule has 2 rings (SSSR count). The van der Waals surface area contributed by atoms with E-state index in [-0.39, 0.29) is 17.1 Å². The number of hydrogen-bond donors (Lipinski definition) is 3. The van der Waals surface area contributed by atoms with Gasteiger partial charge in [-0.15, -0.1) is 0 Å². The van der Waals surface area contributed by atoms with E-state index < -0.39 is 0 Å². The molecule has 3 N–H and O–H groups in total. The minimum absolute atomic E-state index is 0.142. The Morgan fingerprint density at radius 3 is 2.53 bits per heavy atom. The first-order chi connectivity index (χ1) is 14.4. The van der Waals surface area contributed by atoms with Crippen LogP contribution in [0.25, 0.3) is 0 Å². The van der Waals surface area contributed by atoms with Gasteiger partial charge in [-0.05, 0) is 64.4 Å². The lowest BCUT2D eigenvalue weighted by atomic mass is 9.71. The van der Waals surface area contributed by atoms with Crippen LogP contribution in [0.1, 0.15) is 45.6 Å². The van der Waals surface area contributed by atoms with Crippen molar-refractivity contribution in [3.8, 4) is 0 Å². The second-order valence-corrected chi connectivity index (χ2v) is 8.28. The van der Waals surface area contributed by atoms with Gasteiger partial charge in [-0.1, -0.05) is 42.8 Å². The highest BCUT2D eigenvalue weighted by molar-refractivity contribution is 5.32. The molecule has 0 spiro atoms. The zero-order valence-corrected chi connectivity index (χ0v) is 19.0. The minimum Gasteiger partial charge on any atom is -0.513 e. The summed E-state index contributed by atoms with van der Waals surface area (Å²) in [5.74, 6) is 0.131. The van der Waals surface area contributed by atoms with Crippen LogP contribution in [0.15, 0.2) is 59.4 Å². The molecule has 1 saturated carbocycles. The third kappa shape index (κ3) is 7.08. The van der Waals surface area contributed by atoms with Crippen LogP contribution >= 0.6 is 0 Å². The molecule has 0 unspecified atom stereocenters. The molecule has 1 aromatic rings. The predicted octanol–water partition coefficient (Wildman–Crippen LogP) is 4.67. The van der Waals surface area contributed by atoms with Gasteiger partial charge in [-0.2, -0.15) is 0 Å². The van der Waals surface area contributed by atoms with Crippen LogP contribution in [0.5, 0.6) is 0 Å². The zero-order chi connectivity index (χ0) is 22.0. The molecule has 0 aromatic heterocycles. The number of halogens is 1. The van der Waals surface area contributed by atoms with Gasteiger partial charge in [0.25, 0.3) is 0 Å². The molecule has 0 aliphatic heterocycles. The quantitative estimate of drug-likeness (QED) is 0.343. The van der Waals surface area contributed by atoms with Crippen molar-refractivity contribution in [2.45, 2.75) is 45.6 Å². The van der Waals surface area contributed by atoms with Crippen molar-refractivity contribution in [1.29, 1.82) is 0 Å². The van der Waals surface area contributed by atoms with Crippen LogP contribution in [-0.4, -0.2) is 49.8 Å². The molecule has 0 saturated heterocycles. The van der Waals surface area contributed by atoms with E-state index in [0.29, 0.717) is 6.54 Å². The molecule has 1 aromatic carbocycles. The molecule has 5 heteroatoms. The number of aliphatic hydroxyl groups excluding tert-OH is 1. The Balaban J connectivity index is 2.14. The summed E-state index contributed by atoms with van der Waals surface area (Å²) in [5.41, 5.74) is 2.80. The van der Waals surface area contributed by atoms with Gasteiger partial charge < -0.3 is 15.7 Å². The summed E-state index contributed by atoms with van der Waals surface area (Å²) in [6, 6.07) is 7.08. The van der Waals surface area contributed by atoms with Crippen molar-refractivity contribution in [2.75, 3.05) is 39.8 Å². The molecule has 0 radical (unpaired) electrons. The topological polar surface area (TPSA) is 47.5 Å². The van der Waals surface area contributed by atoms with Gasteiger partial charge in [-0.25, -0.2) is 4.39 Å². The summed E-state index contributed by atoms with van der Waals surface area (Å²) >= 11 is 0. The van der Waals surface area contributed by atoms with Gasteiger partial charge in [0.1, 0.15) is 5.82 Å². The molecular weight excluding hydrogens is 377 g/mol. The van der Waals surface area contributed by atoms with Gasteiger partial charge in [0.2, 0.25) is 0 Å². The van der Waals surface area contributed by atoms with Gasteiger partial charge in [0.05, 0.1) is 5.76 Å². The van der Waals surface area contributed by atoms with Crippen LogP contribution in [0.3, 0.4) is 0 Å². The summed E-state index contributed by atoms with van der Waals surface area (Å²) in [6.07, 6.45) is 8.82. The molecule has 1 aliphatic rings. The fraction of sp³-hybridized carbons (Fsp3) is 0.520. The maximum absolute atomic E-state index is 14.5. The molecule has 0 bridgehead atoms.